The Balaban J connectivity index is 1.90. The lowest BCUT2D eigenvalue weighted by Gasteiger charge is -2.32. The Morgan fingerprint density at radius 3 is 2.78 bits per heavy atom. The van der Waals surface area contributed by atoms with E-state index < -0.39 is 0 Å². The number of fused-ring (bicyclic) bond motifs is 1. The minimum absolute atomic E-state index is 0.221. The smallest absolute Gasteiger partial charge is 0.134 e. The molecule has 4 heteroatoms. The van der Waals surface area contributed by atoms with Gasteiger partial charge in [0.05, 0.1) is 6.04 Å². The van der Waals surface area contributed by atoms with Gasteiger partial charge < -0.3 is 10.2 Å². The van der Waals surface area contributed by atoms with Crippen LogP contribution in [-0.4, -0.2) is 36.0 Å². The summed E-state index contributed by atoms with van der Waals surface area (Å²) in [6, 6.07) is 10.5. The van der Waals surface area contributed by atoms with Crippen LogP contribution in [0.25, 0.3) is 11.0 Å². The summed E-state index contributed by atoms with van der Waals surface area (Å²) in [7, 11) is 0. The molecule has 0 aliphatic carbocycles. The molecule has 0 spiro atoms. The molecular weight excluding hydrogens is 244 g/mol. The van der Waals surface area contributed by atoms with Crippen LogP contribution < -0.4 is 5.73 Å². The van der Waals surface area contributed by atoms with Crippen LogP contribution in [0.4, 0.5) is 0 Å². The highest BCUT2D eigenvalue weighted by atomic mass is 32.2. The Bertz CT molecular complexity index is 486. The summed E-state index contributed by atoms with van der Waals surface area (Å²) < 4.78 is 5.95. The second-order valence-corrected chi connectivity index (χ2v) is 5.81. The monoisotopic (exact) mass is 262 g/mol. The zero-order valence-corrected chi connectivity index (χ0v) is 11.2. The van der Waals surface area contributed by atoms with Gasteiger partial charge in [0.2, 0.25) is 0 Å². The van der Waals surface area contributed by atoms with E-state index in [1.54, 1.807) is 0 Å². The minimum atomic E-state index is 0.221. The molecule has 3 rings (SSSR count). The summed E-state index contributed by atoms with van der Waals surface area (Å²) in [6.07, 6.45) is 0. The Hall–Kier alpha value is -0.970. The van der Waals surface area contributed by atoms with Gasteiger partial charge in [0.25, 0.3) is 0 Å². The number of nitrogens with two attached hydrogens (primary N) is 1. The van der Waals surface area contributed by atoms with E-state index in [0.717, 1.165) is 29.8 Å². The molecule has 18 heavy (non-hydrogen) atoms. The van der Waals surface area contributed by atoms with Crippen molar-refractivity contribution in [1.29, 1.82) is 0 Å². The van der Waals surface area contributed by atoms with Gasteiger partial charge in [-0.1, -0.05) is 18.2 Å². The van der Waals surface area contributed by atoms with Crippen molar-refractivity contribution in [3.63, 3.8) is 0 Å². The summed E-state index contributed by atoms with van der Waals surface area (Å²) >= 11 is 2.01. The summed E-state index contributed by atoms with van der Waals surface area (Å²) in [5, 5.41) is 1.16. The number of para-hydroxylation sites is 1. The van der Waals surface area contributed by atoms with Gasteiger partial charge in [-0.25, -0.2) is 0 Å². The molecule has 1 aliphatic rings. The van der Waals surface area contributed by atoms with Crippen molar-refractivity contribution in [3.8, 4) is 0 Å². The maximum absolute atomic E-state index is 5.95. The largest absolute Gasteiger partial charge is 0.459 e. The van der Waals surface area contributed by atoms with Crippen molar-refractivity contribution in [3.05, 3.63) is 36.1 Å². The van der Waals surface area contributed by atoms with Gasteiger partial charge in [0.1, 0.15) is 11.3 Å². The molecule has 1 fully saturated rings. The van der Waals surface area contributed by atoms with Crippen LogP contribution in [0.5, 0.6) is 0 Å². The lowest BCUT2D eigenvalue weighted by Crippen LogP contribution is -2.39. The molecule has 0 amide bonds. The molecule has 1 aliphatic heterocycles. The van der Waals surface area contributed by atoms with Crippen molar-refractivity contribution in [2.75, 3.05) is 31.1 Å². The number of furan rings is 1. The molecule has 2 aromatic rings. The van der Waals surface area contributed by atoms with Crippen molar-refractivity contribution < 1.29 is 4.42 Å². The van der Waals surface area contributed by atoms with Crippen LogP contribution in [0.1, 0.15) is 11.8 Å². The van der Waals surface area contributed by atoms with E-state index in [1.165, 1.54) is 11.5 Å². The maximum atomic E-state index is 5.95. The molecule has 1 aromatic carbocycles. The summed E-state index contributed by atoms with van der Waals surface area (Å²) in [5.74, 6) is 3.39. The number of benzene rings is 1. The zero-order valence-electron chi connectivity index (χ0n) is 10.3. The van der Waals surface area contributed by atoms with E-state index in [4.69, 9.17) is 10.2 Å². The van der Waals surface area contributed by atoms with Gasteiger partial charge in [0, 0.05) is 36.5 Å². The zero-order chi connectivity index (χ0) is 12.4. The van der Waals surface area contributed by atoms with E-state index in [1.807, 2.05) is 30.0 Å². The fourth-order valence-corrected chi connectivity index (χ4v) is 3.43. The Kier molecular flexibility index (Phi) is 3.59. The predicted molar refractivity (Wildman–Crippen MR) is 76.9 cm³/mol. The lowest BCUT2D eigenvalue weighted by atomic mass is 10.1. The molecule has 1 aromatic heterocycles. The number of rotatable bonds is 3. The number of hydrogen-bond acceptors (Lipinski definition) is 4. The maximum Gasteiger partial charge on any atom is 0.134 e. The standard InChI is InChI=1S/C14H18N2OS/c15-10-12(16-5-7-18-8-6-16)14-9-11-3-1-2-4-13(11)17-14/h1-4,9,12H,5-8,10,15H2. The van der Waals surface area contributed by atoms with Crippen LogP contribution in [0.15, 0.2) is 34.7 Å². The van der Waals surface area contributed by atoms with Gasteiger partial charge in [-0.2, -0.15) is 11.8 Å². The van der Waals surface area contributed by atoms with Crippen LogP contribution in [0, 0.1) is 0 Å². The number of thioether (sulfide) groups is 1. The Morgan fingerprint density at radius 1 is 1.28 bits per heavy atom. The summed E-state index contributed by atoms with van der Waals surface area (Å²) in [6.45, 7) is 2.82. The van der Waals surface area contributed by atoms with E-state index in [9.17, 15) is 0 Å². The van der Waals surface area contributed by atoms with Crippen molar-refractivity contribution in [2.45, 2.75) is 6.04 Å². The minimum Gasteiger partial charge on any atom is -0.459 e. The van der Waals surface area contributed by atoms with E-state index in [-0.39, 0.29) is 6.04 Å². The molecular formula is C14H18N2OS. The van der Waals surface area contributed by atoms with Gasteiger partial charge in [-0.15, -0.1) is 0 Å². The van der Waals surface area contributed by atoms with Gasteiger partial charge in [-0.05, 0) is 12.1 Å². The van der Waals surface area contributed by atoms with E-state index >= 15 is 0 Å². The number of hydrogen-bond donors (Lipinski definition) is 1. The Labute approximate surface area is 111 Å². The fourth-order valence-electron chi connectivity index (χ4n) is 2.50. The molecule has 3 nitrogen and oxygen atoms in total. The van der Waals surface area contributed by atoms with Crippen molar-refractivity contribution in [1.82, 2.24) is 4.90 Å². The van der Waals surface area contributed by atoms with Crippen LogP contribution in [-0.2, 0) is 0 Å². The van der Waals surface area contributed by atoms with Crippen LogP contribution in [0.3, 0.4) is 0 Å². The molecule has 0 saturated carbocycles. The summed E-state index contributed by atoms with van der Waals surface area (Å²) in [4.78, 5) is 2.44. The number of nitrogens with zero attached hydrogens (tertiary/aromatic N) is 1. The van der Waals surface area contributed by atoms with Crippen molar-refractivity contribution in [2.24, 2.45) is 5.73 Å². The van der Waals surface area contributed by atoms with Gasteiger partial charge in [-0.3, -0.25) is 4.90 Å². The quantitative estimate of drug-likeness (QED) is 0.923. The molecule has 1 unspecified atom stereocenters. The third kappa shape index (κ3) is 2.28. The first-order valence-corrected chi connectivity index (χ1v) is 7.54. The average Bonchev–Trinajstić information content (AvgIpc) is 2.84. The molecule has 1 saturated heterocycles. The van der Waals surface area contributed by atoms with Crippen molar-refractivity contribution >= 4 is 22.7 Å². The topological polar surface area (TPSA) is 42.4 Å². The highest BCUT2D eigenvalue weighted by Crippen LogP contribution is 2.28. The van der Waals surface area contributed by atoms with Crippen LogP contribution in [0.2, 0.25) is 0 Å². The second-order valence-electron chi connectivity index (χ2n) is 4.59. The third-order valence-electron chi connectivity index (χ3n) is 3.48. The fraction of sp³-hybridized carbons (Fsp3) is 0.429. The van der Waals surface area contributed by atoms with E-state index in [2.05, 4.69) is 17.0 Å². The highest BCUT2D eigenvalue weighted by Gasteiger charge is 2.24. The second kappa shape index (κ2) is 5.34. The van der Waals surface area contributed by atoms with Gasteiger partial charge in [0.15, 0.2) is 0 Å². The highest BCUT2D eigenvalue weighted by molar-refractivity contribution is 7.99. The first-order valence-electron chi connectivity index (χ1n) is 6.39. The molecule has 0 bridgehead atoms. The Morgan fingerprint density at radius 2 is 2.06 bits per heavy atom. The lowest BCUT2D eigenvalue weighted by molar-refractivity contribution is 0.200. The molecule has 96 valence electrons. The van der Waals surface area contributed by atoms with Crippen LogP contribution >= 0.6 is 11.8 Å². The molecule has 0 radical (unpaired) electrons. The first kappa shape index (κ1) is 12.1. The predicted octanol–water partition coefficient (Wildman–Crippen LogP) is 2.48. The van der Waals surface area contributed by atoms with Gasteiger partial charge >= 0.3 is 0 Å². The first-order chi connectivity index (χ1) is 8.88. The molecule has 1 atom stereocenters. The molecule has 2 N–H and O–H groups in total. The molecule has 2 heterocycles. The third-order valence-corrected chi connectivity index (χ3v) is 4.43. The van der Waals surface area contributed by atoms with E-state index in [0.29, 0.717) is 6.54 Å². The SMILES string of the molecule is NCC(c1cc2ccccc2o1)N1CCSCC1. The summed E-state index contributed by atoms with van der Waals surface area (Å²) in [5.41, 5.74) is 6.90. The average molecular weight is 262 g/mol. The normalized spacial score (nSPS) is 19.2.